The number of nitrogens with zero attached hydrogens (tertiary/aromatic N) is 2. The number of carboxylic acids is 1. The van der Waals surface area contributed by atoms with Crippen LogP contribution in [0.2, 0.25) is 0 Å². The van der Waals surface area contributed by atoms with Gasteiger partial charge in [-0.05, 0) is 48.7 Å². The minimum Gasteiger partial charge on any atom is -0.480 e. The van der Waals surface area contributed by atoms with Gasteiger partial charge in [0.25, 0.3) is 0 Å². The van der Waals surface area contributed by atoms with Gasteiger partial charge in [0.15, 0.2) is 17.5 Å². The SMILES string of the molecule is CC(OC(=O)Nc1cc(C[C@H]2C(=O)N(C(=O)N[C@H](C)c3ccc4c(c3)OC(F)(F)O4)[C@@H]2C(=O)O)ccn1)OC(=O)C(C)C. The summed E-state index contributed by atoms with van der Waals surface area (Å²) in [7, 11) is 0. The number of urea groups is 1. The molecule has 4 amide bonds. The van der Waals surface area contributed by atoms with Gasteiger partial charge in [0.05, 0.1) is 17.9 Å². The van der Waals surface area contributed by atoms with Crippen molar-refractivity contribution in [2.75, 3.05) is 5.32 Å². The van der Waals surface area contributed by atoms with Gasteiger partial charge in [-0.2, -0.15) is 0 Å². The number of alkyl halides is 2. The zero-order valence-electron chi connectivity index (χ0n) is 23.3. The fourth-order valence-corrected chi connectivity index (χ4v) is 4.36. The van der Waals surface area contributed by atoms with Crippen molar-refractivity contribution in [3.8, 4) is 11.5 Å². The highest BCUT2D eigenvalue weighted by atomic mass is 19.3. The van der Waals surface area contributed by atoms with Crippen LogP contribution in [0.4, 0.5) is 24.2 Å². The standard InChI is InChI=1S/C27H28F2N4O10/c1-12(2)24(37)40-14(4)41-26(39)32-20-10-15(7-8-30-20)9-17-21(23(35)36)33(22(17)34)25(38)31-13(3)16-5-6-18-19(11-16)43-27(28,29)42-18/h5-8,10-14,17,21H,9H2,1-4H3,(H,31,38)(H,35,36)(H,30,32,39)/t13-,14?,17-,21+/m1/s1. The normalized spacial score (nSPS) is 19.6. The summed E-state index contributed by atoms with van der Waals surface area (Å²) in [6.07, 6.45) is -4.74. The van der Waals surface area contributed by atoms with E-state index in [0.29, 0.717) is 16.0 Å². The zero-order chi connectivity index (χ0) is 31.6. The predicted octanol–water partition coefficient (Wildman–Crippen LogP) is 3.42. The van der Waals surface area contributed by atoms with E-state index in [1.165, 1.54) is 50.4 Å². The van der Waals surface area contributed by atoms with Gasteiger partial charge < -0.3 is 29.4 Å². The molecule has 1 unspecified atom stereocenters. The summed E-state index contributed by atoms with van der Waals surface area (Å²) in [6.45, 7) is 6.10. The van der Waals surface area contributed by atoms with E-state index in [0.717, 1.165) is 0 Å². The van der Waals surface area contributed by atoms with Crippen LogP contribution in [0.5, 0.6) is 11.5 Å². The second-order valence-corrected chi connectivity index (χ2v) is 10.1. The fourth-order valence-electron chi connectivity index (χ4n) is 4.36. The first-order valence-electron chi connectivity index (χ1n) is 13.0. The second-order valence-electron chi connectivity index (χ2n) is 10.1. The number of rotatable bonds is 9. The van der Waals surface area contributed by atoms with Gasteiger partial charge in [-0.3, -0.25) is 14.9 Å². The maximum Gasteiger partial charge on any atom is 0.586 e. The maximum atomic E-state index is 13.3. The average Bonchev–Trinajstić information content (AvgIpc) is 3.22. The number of amides is 4. The van der Waals surface area contributed by atoms with Gasteiger partial charge in [0.2, 0.25) is 12.2 Å². The van der Waals surface area contributed by atoms with Crippen molar-refractivity contribution < 1.29 is 56.8 Å². The first-order valence-corrected chi connectivity index (χ1v) is 13.0. The van der Waals surface area contributed by atoms with Gasteiger partial charge in [0.1, 0.15) is 5.82 Å². The summed E-state index contributed by atoms with van der Waals surface area (Å²) >= 11 is 0. The van der Waals surface area contributed by atoms with Crippen molar-refractivity contribution >= 4 is 35.8 Å². The van der Waals surface area contributed by atoms with Gasteiger partial charge in [0, 0.05) is 13.1 Å². The molecule has 14 nitrogen and oxygen atoms in total. The van der Waals surface area contributed by atoms with Crippen molar-refractivity contribution in [1.82, 2.24) is 15.2 Å². The molecule has 4 rings (SSSR count). The zero-order valence-corrected chi connectivity index (χ0v) is 23.3. The van der Waals surface area contributed by atoms with Crippen molar-refractivity contribution in [3.63, 3.8) is 0 Å². The predicted molar refractivity (Wildman–Crippen MR) is 140 cm³/mol. The Bertz CT molecular complexity index is 1450. The highest BCUT2D eigenvalue weighted by Crippen LogP contribution is 2.42. The third kappa shape index (κ3) is 7.07. The van der Waals surface area contributed by atoms with E-state index in [-0.39, 0.29) is 23.7 Å². The molecule has 43 heavy (non-hydrogen) atoms. The Morgan fingerprint density at radius 1 is 1.07 bits per heavy atom. The Kier molecular flexibility index (Phi) is 8.68. The largest absolute Gasteiger partial charge is 0.586 e. The number of imide groups is 1. The van der Waals surface area contributed by atoms with E-state index in [1.807, 2.05) is 0 Å². The number of ether oxygens (including phenoxy) is 4. The van der Waals surface area contributed by atoms with Crippen LogP contribution in [0.25, 0.3) is 0 Å². The van der Waals surface area contributed by atoms with Crippen molar-refractivity contribution in [3.05, 3.63) is 47.7 Å². The first kappa shape index (κ1) is 30.9. The summed E-state index contributed by atoms with van der Waals surface area (Å²) < 4.78 is 45.3. The maximum absolute atomic E-state index is 13.3. The molecule has 3 heterocycles. The number of esters is 1. The van der Waals surface area contributed by atoms with Crippen LogP contribution in [0.1, 0.15) is 44.9 Å². The molecule has 3 N–H and O–H groups in total. The number of carbonyl (C=O) groups is 5. The quantitative estimate of drug-likeness (QED) is 0.216. The number of benzene rings is 1. The van der Waals surface area contributed by atoms with Crippen LogP contribution < -0.4 is 20.1 Å². The topological polar surface area (TPSA) is 183 Å². The molecule has 16 heteroatoms. The summed E-state index contributed by atoms with van der Waals surface area (Å²) in [5.74, 6) is -4.67. The lowest BCUT2D eigenvalue weighted by molar-refractivity contribution is -0.286. The van der Waals surface area contributed by atoms with Crippen LogP contribution in [-0.4, -0.2) is 63.6 Å². The summed E-state index contributed by atoms with van der Waals surface area (Å²) in [6, 6.07) is 3.47. The molecule has 0 spiro atoms. The number of hydrogen-bond donors (Lipinski definition) is 3. The summed E-state index contributed by atoms with van der Waals surface area (Å²) in [5.41, 5.74) is 0.771. The fraction of sp³-hybridized carbons (Fsp3) is 0.407. The number of fused-ring (bicyclic) bond motifs is 1. The highest BCUT2D eigenvalue weighted by Gasteiger charge is 2.55. The number of carboxylic acid groups (broad SMARTS) is 1. The number of β-lactam (4-membered cyclic amide) rings is 1. The van der Waals surface area contributed by atoms with Crippen molar-refractivity contribution in [2.24, 2.45) is 11.8 Å². The lowest BCUT2D eigenvalue weighted by Crippen LogP contribution is -2.68. The van der Waals surface area contributed by atoms with E-state index in [9.17, 15) is 37.9 Å². The Morgan fingerprint density at radius 2 is 1.77 bits per heavy atom. The van der Waals surface area contributed by atoms with Crippen LogP contribution in [0.15, 0.2) is 36.5 Å². The molecular weight excluding hydrogens is 578 g/mol. The molecule has 0 aliphatic carbocycles. The number of halogens is 2. The molecule has 1 saturated heterocycles. The van der Waals surface area contributed by atoms with Crippen LogP contribution in [-0.2, 0) is 30.3 Å². The molecule has 2 aliphatic rings. The Hall–Kier alpha value is -5.02. The second kappa shape index (κ2) is 12.1. The smallest absolute Gasteiger partial charge is 0.480 e. The number of likely N-dealkylation sites (tertiary alicyclic amines) is 1. The third-order valence-electron chi connectivity index (χ3n) is 6.49. The van der Waals surface area contributed by atoms with Crippen LogP contribution in [0.3, 0.4) is 0 Å². The van der Waals surface area contributed by atoms with Crippen molar-refractivity contribution in [2.45, 2.75) is 58.8 Å². The van der Waals surface area contributed by atoms with Crippen molar-refractivity contribution in [1.29, 1.82) is 0 Å². The lowest BCUT2D eigenvalue weighted by atomic mass is 9.82. The molecule has 0 bridgehead atoms. The van der Waals surface area contributed by atoms with E-state index >= 15 is 0 Å². The molecular formula is C27H28F2N4O10. The molecule has 1 aromatic carbocycles. The van der Waals surface area contributed by atoms with Gasteiger partial charge in [-0.25, -0.2) is 24.3 Å². The van der Waals surface area contributed by atoms with Gasteiger partial charge in [-0.15, -0.1) is 8.78 Å². The van der Waals surface area contributed by atoms with Crippen LogP contribution in [0, 0.1) is 11.8 Å². The molecule has 1 fully saturated rings. The molecule has 0 radical (unpaired) electrons. The highest BCUT2D eigenvalue weighted by molar-refractivity contribution is 6.07. The molecule has 230 valence electrons. The van der Waals surface area contributed by atoms with E-state index in [2.05, 4.69) is 25.1 Å². The van der Waals surface area contributed by atoms with Gasteiger partial charge in [-0.1, -0.05) is 19.9 Å². The number of aromatic nitrogens is 1. The molecule has 1 aromatic heterocycles. The molecule has 4 atom stereocenters. The van der Waals surface area contributed by atoms with E-state index in [4.69, 9.17) is 9.47 Å². The minimum atomic E-state index is -3.82. The Labute approximate surface area is 243 Å². The van der Waals surface area contributed by atoms with Crippen LogP contribution >= 0.6 is 0 Å². The molecule has 0 saturated carbocycles. The minimum absolute atomic E-state index is 0.0217. The summed E-state index contributed by atoms with van der Waals surface area (Å²) in [4.78, 5) is 66.2. The first-order chi connectivity index (χ1) is 20.1. The van der Waals surface area contributed by atoms with Gasteiger partial charge >= 0.3 is 30.4 Å². The average molecular weight is 607 g/mol. The number of anilines is 1. The molecule has 2 aliphatic heterocycles. The van der Waals surface area contributed by atoms with E-state index < -0.39 is 66.5 Å². The Morgan fingerprint density at radius 3 is 2.44 bits per heavy atom. The number of hydrogen-bond acceptors (Lipinski definition) is 10. The third-order valence-corrected chi connectivity index (χ3v) is 6.49. The number of aliphatic carboxylic acids is 1. The number of nitrogens with one attached hydrogen (secondary N) is 2. The molecule has 2 aromatic rings. The summed E-state index contributed by atoms with van der Waals surface area (Å²) in [5, 5.41) is 14.6. The van der Waals surface area contributed by atoms with E-state index in [1.54, 1.807) is 13.8 Å². The number of pyridine rings is 1. The monoisotopic (exact) mass is 606 g/mol. The Balaban J connectivity index is 1.36. The lowest BCUT2D eigenvalue weighted by Gasteiger charge is -2.43. The number of carbonyl (C=O) groups excluding carboxylic acids is 4.